The van der Waals surface area contributed by atoms with Crippen LogP contribution in [-0.2, 0) is 37.3 Å². The first-order valence-corrected chi connectivity index (χ1v) is 16.0. The molecule has 52 heavy (non-hydrogen) atoms. The topological polar surface area (TPSA) is 218 Å². The number of ether oxygens (including phenoxy) is 1. The van der Waals surface area contributed by atoms with Crippen molar-refractivity contribution in [1.82, 2.24) is 45.2 Å². The van der Waals surface area contributed by atoms with Crippen LogP contribution in [0.15, 0.2) is 88.5 Å². The Morgan fingerprint density at radius 2 is 1.27 bits per heavy atom. The number of hydrogen-bond acceptors (Lipinski definition) is 15. The van der Waals surface area contributed by atoms with E-state index in [1.54, 1.807) is 6.07 Å². The third kappa shape index (κ3) is 9.30. The summed E-state index contributed by atoms with van der Waals surface area (Å²) in [4.78, 5) is 44.8. The molecule has 0 saturated heterocycles. The SMILES string of the molecule is NCCc1nc2c(NCc3ncccc3F)ncnc2o1.O=C(NCCc1nc2c(NCc3ncccc3F)ncnc2o1)OCc1ccccc1. The van der Waals surface area contributed by atoms with Gasteiger partial charge in [0.25, 0.3) is 11.4 Å². The molecule has 1 amide bonds. The summed E-state index contributed by atoms with van der Waals surface area (Å²) in [5.41, 5.74) is 8.51. The number of carbonyl (C=O) groups excluding carboxylic acids is 1. The lowest BCUT2D eigenvalue weighted by Gasteiger charge is -2.06. The van der Waals surface area contributed by atoms with Crippen molar-refractivity contribution in [3.63, 3.8) is 0 Å². The summed E-state index contributed by atoms with van der Waals surface area (Å²) in [5, 5.41) is 8.64. The molecule has 0 fully saturated rings. The molecule has 266 valence electrons. The summed E-state index contributed by atoms with van der Waals surface area (Å²) in [7, 11) is 0. The van der Waals surface area contributed by atoms with Crippen LogP contribution in [0.2, 0.25) is 0 Å². The number of nitrogens with two attached hydrogens (primary N) is 1. The van der Waals surface area contributed by atoms with Gasteiger partial charge in [-0.2, -0.15) is 9.97 Å². The Labute approximate surface area is 294 Å². The fourth-order valence-electron chi connectivity index (χ4n) is 4.67. The van der Waals surface area contributed by atoms with Gasteiger partial charge in [0.2, 0.25) is 0 Å². The van der Waals surface area contributed by atoms with Gasteiger partial charge >= 0.3 is 6.09 Å². The van der Waals surface area contributed by atoms with Gasteiger partial charge in [0.15, 0.2) is 34.5 Å². The van der Waals surface area contributed by atoms with Crippen LogP contribution in [0.1, 0.15) is 28.7 Å². The fourth-order valence-corrected chi connectivity index (χ4v) is 4.67. The number of halogens is 2. The number of pyridine rings is 2. The monoisotopic (exact) mass is 710 g/mol. The van der Waals surface area contributed by atoms with E-state index in [9.17, 15) is 13.6 Å². The summed E-state index contributed by atoms with van der Waals surface area (Å²) in [6, 6.07) is 15.2. The second-order valence-electron chi connectivity index (χ2n) is 10.8. The van der Waals surface area contributed by atoms with Crippen LogP contribution < -0.4 is 21.7 Å². The van der Waals surface area contributed by atoms with Crippen molar-refractivity contribution < 1.29 is 27.1 Å². The number of amides is 1. The van der Waals surface area contributed by atoms with Crippen molar-refractivity contribution in [2.75, 3.05) is 23.7 Å². The van der Waals surface area contributed by atoms with Gasteiger partial charge in [-0.15, -0.1) is 0 Å². The predicted octanol–water partition coefficient (Wildman–Crippen LogP) is 4.50. The van der Waals surface area contributed by atoms with E-state index in [1.165, 1.54) is 43.2 Å². The van der Waals surface area contributed by atoms with Crippen molar-refractivity contribution >= 4 is 40.2 Å². The third-order valence-electron chi connectivity index (χ3n) is 7.17. The Morgan fingerprint density at radius 3 is 1.81 bits per heavy atom. The van der Waals surface area contributed by atoms with E-state index in [2.05, 4.69) is 55.8 Å². The van der Waals surface area contributed by atoms with E-state index < -0.39 is 11.9 Å². The Morgan fingerprint density at radius 1 is 0.712 bits per heavy atom. The van der Waals surface area contributed by atoms with Crippen LogP contribution in [0.5, 0.6) is 0 Å². The first kappa shape index (κ1) is 35.1. The van der Waals surface area contributed by atoms with Gasteiger partial charge in [-0.1, -0.05) is 30.3 Å². The minimum Gasteiger partial charge on any atom is -0.445 e. The molecular weight excluding hydrogens is 678 g/mol. The van der Waals surface area contributed by atoms with Crippen molar-refractivity contribution in [1.29, 1.82) is 0 Å². The standard InChI is InChI=1S/C21H19FN6O3.C13H13FN6O/c22-15-7-4-9-23-16(15)11-25-19-18-20(27-13-26-19)31-17(28-18)8-10-24-21(29)30-12-14-5-2-1-3-6-14;14-8-2-1-5-16-9(8)6-17-12-11-13(19-7-18-12)21-10(20-11)3-4-15/h1-7,9,13H,8,10-12H2,(H,24,29)(H,25,26,27);1-2,5,7H,3-4,6,15H2,(H,17,18,19). The minimum atomic E-state index is -0.528. The highest BCUT2D eigenvalue weighted by Crippen LogP contribution is 2.22. The second kappa shape index (κ2) is 17.3. The average Bonchev–Trinajstić information content (AvgIpc) is 3.78. The summed E-state index contributed by atoms with van der Waals surface area (Å²) < 4.78 is 43.5. The number of benzene rings is 1. The molecule has 6 aromatic heterocycles. The number of rotatable bonds is 13. The zero-order chi connectivity index (χ0) is 36.1. The van der Waals surface area contributed by atoms with Gasteiger partial charge in [0, 0.05) is 38.3 Å². The Bertz CT molecular complexity index is 2240. The number of hydrogen-bond donors (Lipinski definition) is 4. The van der Waals surface area contributed by atoms with Gasteiger partial charge < -0.3 is 35.3 Å². The molecule has 16 nitrogen and oxygen atoms in total. The van der Waals surface area contributed by atoms with Crippen molar-refractivity contribution in [3.05, 3.63) is 120 Å². The first-order valence-electron chi connectivity index (χ1n) is 16.0. The highest BCUT2D eigenvalue weighted by Gasteiger charge is 2.15. The molecule has 0 saturated carbocycles. The number of nitrogens with one attached hydrogen (secondary N) is 3. The highest BCUT2D eigenvalue weighted by atomic mass is 19.1. The van der Waals surface area contributed by atoms with Gasteiger partial charge in [0.1, 0.15) is 30.9 Å². The van der Waals surface area contributed by atoms with Gasteiger partial charge in [-0.05, 0) is 29.8 Å². The average molecular weight is 711 g/mol. The molecule has 0 spiro atoms. The molecule has 0 aliphatic carbocycles. The summed E-state index contributed by atoms with van der Waals surface area (Å²) in [5.74, 6) is 0.967. The van der Waals surface area contributed by atoms with E-state index in [-0.39, 0.29) is 37.8 Å². The zero-order valence-electron chi connectivity index (χ0n) is 27.5. The molecule has 6 heterocycles. The number of aromatic nitrogens is 8. The van der Waals surface area contributed by atoms with Crippen molar-refractivity contribution in [2.24, 2.45) is 5.73 Å². The van der Waals surface area contributed by atoms with Crippen molar-refractivity contribution in [2.45, 2.75) is 32.5 Å². The molecule has 0 atom stereocenters. The molecule has 0 radical (unpaired) electrons. The second-order valence-corrected chi connectivity index (χ2v) is 10.8. The number of nitrogens with zero attached hydrogens (tertiary/aromatic N) is 8. The lowest BCUT2D eigenvalue weighted by molar-refractivity contribution is 0.139. The molecule has 0 aliphatic heterocycles. The van der Waals surface area contributed by atoms with Gasteiger partial charge in [0.05, 0.1) is 24.5 Å². The van der Waals surface area contributed by atoms with Gasteiger partial charge in [-0.3, -0.25) is 9.97 Å². The van der Waals surface area contributed by atoms with Crippen LogP contribution in [0.4, 0.5) is 25.2 Å². The summed E-state index contributed by atoms with van der Waals surface area (Å²) in [6.07, 6.45) is 6.06. The van der Waals surface area contributed by atoms with Crippen LogP contribution in [-0.4, -0.2) is 59.1 Å². The van der Waals surface area contributed by atoms with Crippen LogP contribution in [0, 0.1) is 11.6 Å². The van der Waals surface area contributed by atoms with E-state index in [1.807, 2.05) is 30.3 Å². The molecule has 1 aromatic carbocycles. The Balaban J connectivity index is 0.000000192. The molecule has 0 bridgehead atoms. The third-order valence-corrected chi connectivity index (χ3v) is 7.17. The lowest BCUT2D eigenvalue weighted by atomic mass is 10.2. The fraction of sp³-hybridized carbons (Fsp3) is 0.206. The van der Waals surface area contributed by atoms with Gasteiger partial charge in [-0.25, -0.2) is 33.5 Å². The van der Waals surface area contributed by atoms with Crippen LogP contribution in [0.3, 0.4) is 0 Å². The number of carbonyl (C=O) groups is 1. The van der Waals surface area contributed by atoms with Crippen molar-refractivity contribution in [3.8, 4) is 0 Å². The smallest absolute Gasteiger partial charge is 0.407 e. The number of anilines is 2. The molecule has 7 aromatic rings. The molecule has 0 unspecified atom stereocenters. The number of alkyl carbamates (subject to hydrolysis) is 1. The van der Waals surface area contributed by atoms with E-state index in [0.29, 0.717) is 71.0 Å². The van der Waals surface area contributed by atoms with Crippen LogP contribution >= 0.6 is 0 Å². The quantitative estimate of drug-likeness (QED) is 0.130. The summed E-state index contributed by atoms with van der Waals surface area (Å²) >= 11 is 0. The maximum atomic E-state index is 13.8. The predicted molar refractivity (Wildman–Crippen MR) is 183 cm³/mol. The molecule has 5 N–H and O–H groups in total. The maximum Gasteiger partial charge on any atom is 0.407 e. The normalized spacial score (nSPS) is 10.8. The van der Waals surface area contributed by atoms with E-state index in [4.69, 9.17) is 19.3 Å². The van der Waals surface area contributed by atoms with Crippen LogP contribution in [0.25, 0.3) is 22.5 Å². The van der Waals surface area contributed by atoms with E-state index in [0.717, 1.165) is 5.56 Å². The largest absolute Gasteiger partial charge is 0.445 e. The van der Waals surface area contributed by atoms with E-state index >= 15 is 0 Å². The number of oxazole rings is 2. The Hall–Kier alpha value is -6.69. The Kier molecular flexibility index (Phi) is 11.7. The maximum absolute atomic E-state index is 13.8. The highest BCUT2D eigenvalue weighted by molar-refractivity contribution is 5.81. The zero-order valence-corrected chi connectivity index (χ0v) is 27.5. The lowest BCUT2D eigenvalue weighted by Crippen LogP contribution is -2.26. The first-order chi connectivity index (χ1) is 25.5. The summed E-state index contributed by atoms with van der Waals surface area (Å²) in [6.45, 7) is 1.22. The molecular formula is C34H32F2N12O4. The minimum absolute atomic E-state index is 0.135. The molecule has 0 aliphatic rings. The molecule has 18 heteroatoms. The molecule has 7 rings (SSSR count). The number of fused-ring (bicyclic) bond motifs is 2.